The van der Waals surface area contributed by atoms with Gasteiger partial charge < -0.3 is 10.2 Å². The van der Waals surface area contributed by atoms with Crippen LogP contribution in [0.5, 0.6) is 0 Å². The van der Waals surface area contributed by atoms with Crippen molar-refractivity contribution in [2.75, 3.05) is 30.1 Å². The molecule has 0 bridgehead atoms. The molecule has 0 fully saturated rings. The van der Waals surface area contributed by atoms with Crippen LogP contribution in [0.15, 0.2) is 70.6 Å². The van der Waals surface area contributed by atoms with Crippen molar-refractivity contribution < 1.29 is 4.79 Å². The van der Waals surface area contributed by atoms with Crippen LogP contribution in [-0.2, 0) is 4.79 Å². The number of halogens is 1. The lowest BCUT2D eigenvalue weighted by Gasteiger charge is -2.13. The predicted octanol–water partition coefficient (Wildman–Crippen LogP) is 4.43. The molecule has 7 heteroatoms. The van der Waals surface area contributed by atoms with Crippen LogP contribution in [0.2, 0.25) is 0 Å². The Bertz CT molecular complexity index is 875. The fraction of sp³-hybridized carbons (Fsp3) is 0.158. The van der Waals surface area contributed by atoms with Crippen molar-refractivity contribution in [1.29, 1.82) is 0 Å². The fourth-order valence-corrected chi connectivity index (χ4v) is 3.40. The number of hydrogen-bond acceptors (Lipinski definition) is 4. The number of rotatable bonds is 6. The van der Waals surface area contributed by atoms with Crippen LogP contribution < -0.4 is 10.2 Å². The molecule has 0 radical (unpaired) electrons. The molecular formula is C19H19BrN4OS. The number of anilines is 2. The summed E-state index contributed by atoms with van der Waals surface area (Å²) in [4.78, 5) is 18.6. The first-order valence-corrected chi connectivity index (χ1v) is 9.80. The van der Waals surface area contributed by atoms with E-state index >= 15 is 0 Å². The van der Waals surface area contributed by atoms with Crippen LogP contribution in [-0.4, -0.2) is 35.3 Å². The maximum atomic E-state index is 12.2. The average Bonchev–Trinajstić information content (AvgIpc) is 3.09. The number of benzene rings is 2. The van der Waals surface area contributed by atoms with E-state index in [4.69, 9.17) is 0 Å². The Morgan fingerprint density at radius 1 is 1.15 bits per heavy atom. The quantitative estimate of drug-likeness (QED) is 0.587. The Hall–Kier alpha value is -2.25. The second-order valence-electron chi connectivity index (χ2n) is 5.83. The second kappa shape index (κ2) is 8.42. The minimum atomic E-state index is -0.0574. The van der Waals surface area contributed by atoms with Gasteiger partial charge in [-0.05, 0) is 48.5 Å². The van der Waals surface area contributed by atoms with Crippen LogP contribution >= 0.6 is 27.7 Å². The molecule has 5 nitrogen and oxygen atoms in total. The second-order valence-corrected chi connectivity index (χ2v) is 7.69. The van der Waals surface area contributed by atoms with Gasteiger partial charge in [-0.3, -0.25) is 9.36 Å². The molecule has 0 spiro atoms. The zero-order valence-corrected chi connectivity index (χ0v) is 16.9. The molecule has 0 atom stereocenters. The summed E-state index contributed by atoms with van der Waals surface area (Å²) in [5, 5.41) is 3.70. The molecule has 1 heterocycles. The molecular weight excluding hydrogens is 412 g/mol. The van der Waals surface area contributed by atoms with Crippen LogP contribution in [0.1, 0.15) is 0 Å². The summed E-state index contributed by atoms with van der Waals surface area (Å²) in [5.74, 6) is 0.237. The van der Waals surface area contributed by atoms with Gasteiger partial charge in [0.05, 0.1) is 5.75 Å². The standard InChI is InChI=1S/C19H19BrN4OS/c1-23(2)16-9-5-15(6-10-16)22-18(25)13-26-19-21-11-12-24(19)17-7-3-14(20)4-8-17/h3-12H,13H2,1-2H3,(H,22,25). The van der Waals surface area contributed by atoms with Crippen molar-refractivity contribution in [3.05, 3.63) is 65.4 Å². The number of carbonyl (C=O) groups excluding carboxylic acids is 1. The van der Waals surface area contributed by atoms with Crippen molar-refractivity contribution in [3.63, 3.8) is 0 Å². The van der Waals surface area contributed by atoms with Gasteiger partial charge in [0.25, 0.3) is 0 Å². The van der Waals surface area contributed by atoms with Crippen LogP contribution in [0.25, 0.3) is 5.69 Å². The fourth-order valence-electron chi connectivity index (χ4n) is 2.36. The van der Waals surface area contributed by atoms with Gasteiger partial charge in [0.1, 0.15) is 0 Å². The van der Waals surface area contributed by atoms with Gasteiger partial charge in [-0.2, -0.15) is 0 Å². The first kappa shape index (κ1) is 18.5. The van der Waals surface area contributed by atoms with E-state index in [1.165, 1.54) is 11.8 Å². The van der Waals surface area contributed by atoms with Crippen LogP contribution in [0.3, 0.4) is 0 Å². The zero-order valence-electron chi connectivity index (χ0n) is 14.5. The van der Waals surface area contributed by atoms with Gasteiger partial charge >= 0.3 is 0 Å². The molecule has 1 aromatic heterocycles. The van der Waals surface area contributed by atoms with E-state index in [1.54, 1.807) is 6.20 Å². The number of carbonyl (C=O) groups is 1. The highest BCUT2D eigenvalue weighted by Crippen LogP contribution is 2.22. The van der Waals surface area contributed by atoms with Crippen molar-refractivity contribution >= 4 is 45.0 Å². The Morgan fingerprint density at radius 3 is 2.50 bits per heavy atom. The molecule has 3 rings (SSSR count). The largest absolute Gasteiger partial charge is 0.378 e. The highest BCUT2D eigenvalue weighted by Gasteiger charge is 2.09. The van der Waals surface area contributed by atoms with E-state index in [0.717, 1.165) is 26.7 Å². The normalized spacial score (nSPS) is 10.6. The minimum absolute atomic E-state index is 0.0574. The number of thioether (sulfide) groups is 1. The number of nitrogens with zero attached hydrogens (tertiary/aromatic N) is 3. The molecule has 0 saturated carbocycles. The van der Waals surface area contributed by atoms with E-state index in [2.05, 4.69) is 26.2 Å². The van der Waals surface area contributed by atoms with Crippen LogP contribution in [0, 0.1) is 0 Å². The molecule has 0 aliphatic carbocycles. The molecule has 1 N–H and O–H groups in total. The lowest BCUT2D eigenvalue weighted by Crippen LogP contribution is -2.15. The average molecular weight is 431 g/mol. The predicted molar refractivity (Wildman–Crippen MR) is 111 cm³/mol. The zero-order chi connectivity index (χ0) is 18.5. The maximum Gasteiger partial charge on any atom is 0.234 e. The number of nitrogens with one attached hydrogen (secondary N) is 1. The third kappa shape index (κ3) is 4.68. The van der Waals surface area contributed by atoms with Crippen molar-refractivity contribution in [2.45, 2.75) is 5.16 Å². The van der Waals surface area contributed by atoms with E-state index < -0.39 is 0 Å². The molecule has 0 aliphatic rings. The molecule has 0 unspecified atom stereocenters. The first-order valence-electron chi connectivity index (χ1n) is 8.02. The Morgan fingerprint density at radius 2 is 1.85 bits per heavy atom. The Balaban J connectivity index is 1.60. The van der Waals surface area contributed by atoms with Gasteiger partial charge in [0, 0.05) is 48.0 Å². The molecule has 134 valence electrons. The van der Waals surface area contributed by atoms with Gasteiger partial charge in [-0.15, -0.1) is 0 Å². The molecule has 2 aromatic carbocycles. The molecule has 3 aromatic rings. The van der Waals surface area contributed by atoms with Crippen molar-refractivity contribution in [3.8, 4) is 5.69 Å². The van der Waals surface area contributed by atoms with E-state index in [0.29, 0.717) is 5.75 Å². The molecule has 0 saturated heterocycles. The van der Waals surface area contributed by atoms with Gasteiger partial charge in [-0.1, -0.05) is 27.7 Å². The Labute approximate surface area is 165 Å². The summed E-state index contributed by atoms with van der Waals surface area (Å²) in [6.07, 6.45) is 3.63. The summed E-state index contributed by atoms with van der Waals surface area (Å²) in [5.41, 5.74) is 2.89. The number of aromatic nitrogens is 2. The third-order valence-corrected chi connectivity index (χ3v) is 5.21. The molecule has 26 heavy (non-hydrogen) atoms. The monoisotopic (exact) mass is 430 g/mol. The number of amides is 1. The lowest BCUT2D eigenvalue weighted by atomic mass is 10.2. The highest BCUT2D eigenvalue weighted by molar-refractivity contribution is 9.10. The maximum absolute atomic E-state index is 12.2. The van der Waals surface area contributed by atoms with Gasteiger partial charge in [0.2, 0.25) is 5.91 Å². The minimum Gasteiger partial charge on any atom is -0.378 e. The summed E-state index contributed by atoms with van der Waals surface area (Å²) < 4.78 is 2.99. The molecule has 1 amide bonds. The Kier molecular flexibility index (Phi) is 6.00. The van der Waals surface area contributed by atoms with E-state index in [-0.39, 0.29) is 5.91 Å². The lowest BCUT2D eigenvalue weighted by molar-refractivity contribution is -0.113. The van der Waals surface area contributed by atoms with E-state index in [9.17, 15) is 4.79 Å². The number of imidazole rings is 1. The van der Waals surface area contributed by atoms with Crippen LogP contribution in [0.4, 0.5) is 11.4 Å². The molecule has 0 aliphatic heterocycles. The highest BCUT2D eigenvalue weighted by atomic mass is 79.9. The van der Waals surface area contributed by atoms with Crippen molar-refractivity contribution in [2.24, 2.45) is 0 Å². The summed E-state index contributed by atoms with van der Waals surface area (Å²) in [6, 6.07) is 15.7. The summed E-state index contributed by atoms with van der Waals surface area (Å²) >= 11 is 4.84. The smallest absolute Gasteiger partial charge is 0.234 e. The number of hydrogen-bond donors (Lipinski definition) is 1. The summed E-state index contributed by atoms with van der Waals surface area (Å²) in [6.45, 7) is 0. The topological polar surface area (TPSA) is 50.2 Å². The summed E-state index contributed by atoms with van der Waals surface area (Å²) in [7, 11) is 3.97. The SMILES string of the molecule is CN(C)c1ccc(NC(=O)CSc2nccn2-c2ccc(Br)cc2)cc1. The third-order valence-electron chi connectivity index (χ3n) is 3.71. The first-order chi connectivity index (χ1) is 12.5. The van der Waals surface area contributed by atoms with Gasteiger partial charge in [0.15, 0.2) is 5.16 Å². The van der Waals surface area contributed by atoms with Gasteiger partial charge in [-0.25, -0.2) is 4.98 Å². The van der Waals surface area contributed by atoms with Crippen molar-refractivity contribution in [1.82, 2.24) is 9.55 Å². The van der Waals surface area contributed by atoms with E-state index in [1.807, 2.05) is 78.3 Å².